The van der Waals surface area contributed by atoms with E-state index in [2.05, 4.69) is 6.07 Å². The summed E-state index contributed by atoms with van der Waals surface area (Å²) in [6, 6.07) is 17.2. The average molecular weight is 249 g/mol. The van der Waals surface area contributed by atoms with Gasteiger partial charge >= 0.3 is 0 Å². The zero-order chi connectivity index (χ0) is 13.7. The fourth-order valence-corrected chi connectivity index (χ4v) is 2.06. The molecule has 0 aliphatic rings. The molecule has 0 spiro atoms. The molecule has 0 bridgehead atoms. The average Bonchev–Trinajstić information content (AvgIpc) is 2.41. The molecular weight excluding hydrogens is 234 g/mol. The molecule has 2 heteroatoms. The van der Waals surface area contributed by atoms with Crippen LogP contribution in [-0.4, -0.2) is 5.78 Å². The molecule has 2 nitrogen and oxygen atoms in total. The second-order valence-electron chi connectivity index (χ2n) is 4.63. The first-order valence-electron chi connectivity index (χ1n) is 6.24. The van der Waals surface area contributed by atoms with E-state index in [-0.39, 0.29) is 5.78 Å². The SMILES string of the molecule is Cc1ccccc1CC(=O)Cc1cccc(C#N)c1. The van der Waals surface area contributed by atoms with Gasteiger partial charge in [0.15, 0.2) is 0 Å². The van der Waals surface area contributed by atoms with E-state index in [0.29, 0.717) is 18.4 Å². The van der Waals surface area contributed by atoms with Gasteiger partial charge in [0.1, 0.15) is 5.78 Å². The summed E-state index contributed by atoms with van der Waals surface area (Å²) < 4.78 is 0. The topological polar surface area (TPSA) is 40.9 Å². The molecular formula is C17H15NO. The van der Waals surface area contributed by atoms with Crippen LogP contribution in [-0.2, 0) is 17.6 Å². The van der Waals surface area contributed by atoms with Crippen LogP contribution in [0.4, 0.5) is 0 Å². The Kier molecular flexibility index (Phi) is 4.10. The number of carbonyl (C=O) groups excluding carboxylic acids is 1. The van der Waals surface area contributed by atoms with Crippen molar-refractivity contribution in [1.29, 1.82) is 5.26 Å². The molecule has 0 fully saturated rings. The second-order valence-corrected chi connectivity index (χ2v) is 4.63. The summed E-state index contributed by atoms with van der Waals surface area (Å²) in [5.74, 6) is 0.171. The first kappa shape index (κ1) is 13.0. The minimum Gasteiger partial charge on any atom is -0.299 e. The van der Waals surface area contributed by atoms with Crippen molar-refractivity contribution < 1.29 is 4.79 Å². The number of benzene rings is 2. The molecule has 2 aromatic carbocycles. The van der Waals surface area contributed by atoms with Crippen LogP contribution in [0.2, 0.25) is 0 Å². The van der Waals surface area contributed by atoms with Crippen molar-refractivity contribution in [2.45, 2.75) is 19.8 Å². The zero-order valence-corrected chi connectivity index (χ0v) is 10.9. The number of aryl methyl sites for hydroxylation is 1. The fraction of sp³-hybridized carbons (Fsp3) is 0.176. The van der Waals surface area contributed by atoms with E-state index in [0.717, 1.165) is 16.7 Å². The molecule has 0 aliphatic heterocycles. The van der Waals surface area contributed by atoms with Crippen LogP contribution in [0, 0.1) is 18.3 Å². The lowest BCUT2D eigenvalue weighted by molar-refractivity contribution is -0.117. The van der Waals surface area contributed by atoms with Crippen molar-refractivity contribution in [2.75, 3.05) is 0 Å². The van der Waals surface area contributed by atoms with Crippen molar-refractivity contribution in [3.8, 4) is 6.07 Å². The molecule has 0 saturated carbocycles. The Hall–Kier alpha value is -2.40. The predicted molar refractivity (Wildman–Crippen MR) is 74.8 cm³/mol. The smallest absolute Gasteiger partial charge is 0.141 e. The van der Waals surface area contributed by atoms with Crippen molar-refractivity contribution in [2.24, 2.45) is 0 Å². The van der Waals surface area contributed by atoms with E-state index >= 15 is 0 Å². The number of hydrogen-bond donors (Lipinski definition) is 0. The van der Waals surface area contributed by atoms with Gasteiger partial charge in [-0.2, -0.15) is 5.26 Å². The predicted octanol–water partition coefficient (Wildman–Crippen LogP) is 3.22. The van der Waals surface area contributed by atoms with Crippen molar-refractivity contribution in [3.05, 3.63) is 70.8 Å². The lowest BCUT2D eigenvalue weighted by atomic mass is 9.99. The molecule has 2 aromatic rings. The van der Waals surface area contributed by atoms with Gasteiger partial charge in [-0.05, 0) is 35.7 Å². The van der Waals surface area contributed by atoms with Gasteiger partial charge in [-0.15, -0.1) is 0 Å². The molecule has 0 amide bonds. The molecule has 0 atom stereocenters. The Morgan fingerprint density at radius 1 is 1.11 bits per heavy atom. The van der Waals surface area contributed by atoms with Gasteiger partial charge in [0, 0.05) is 12.8 Å². The highest BCUT2D eigenvalue weighted by Gasteiger charge is 2.07. The molecule has 0 saturated heterocycles. The van der Waals surface area contributed by atoms with E-state index in [9.17, 15) is 4.79 Å². The van der Waals surface area contributed by atoms with Crippen LogP contribution in [0.3, 0.4) is 0 Å². The summed E-state index contributed by atoms with van der Waals surface area (Å²) in [6.45, 7) is 2.01. The number of nitrogens with zero attached hydrogens (tertiary/aromatic N) is 1. The van der Waals surface area contributed by atoms with Gasteiger partial charge in [0.2, 0.25) is 0 Å². The molecule has 2 rings (SSSR count). The summed E-state index contributed by atoms with van der Waals surface area (Å²) in [4.78, 5) is 12.1. The number of ketones is 1. The largest absolute Gasteiger partial charge is 0.299 e. The highest BCUT2D eigenvalue weighted by atomic mass is 16.1. The van der Waals surface area contributed by atoms with E-state index < -0.39 is 0 Å². The number of carbonyl (C=O) groups is 1. The summed E-state index contributed by atoms with van der Waals surface area (Å²) >= 11 is 0. The van der Waals surface area contributed by atoms with Crippen LogP contribution >= 0.6 is 0 Å². The standard InChI is InChI=1S/C17H15NO/c1-13-5-2-3-8-16(13)11-17(19)10-14-6-4-7-15(9-14)12-18/h2-9H,10-11H2,1H3. The number of hydrogen-bond acceptors (Lipinski definition) is 2. The minimum atomic E-state index is 0.171. The quantitative estimate of drug-likeness (QED) is 0.834. The Morgan fingerprint density at radius 2 is 1.89 bits per heavy atom. The molecule has 0 aliphatic carbocycles. The second kappa shape index (κ2) is 5.97. The lowest BCUT2D eigenvalue weighted by Gasteiger charge is -2.05. The van der Waals surface area contributed by atoms with Gasteiger partial charge in [-0.1, -0.05) is 36.4 Å². The monoisotopic (exact) mass is 249 g/mol. The highest BCUT2D eigenvalue weighted by molar-refractivity contribution is 5.83. The summed E-state index contributed by atoms with van der Waals surface area (Å²) in [6.07, 6.45) is 0.827. The molecule has 0 radical (unpaired) electrons. The Balaban J connectivity index is 2.06. The van der Waals surface area contributed by atoms with Gasteiger partial charge in [0.25, 0.3) is 0 Å². The van der Waals surface area contributed by atoms with Crippen molar-refractivity contribution in [3.63, 3.8) is 0 Å². The minimum absolute atomic E-state index is 0.171. The third-order valence-corrected chi connectivity index (χ3v) is 3.11. The number of Topliss-reactive ketones (excluding diaryl/α,β-unsaturated/α-hetero) is 1. The molecule has 0 unspecified atom stereocenters. The summed E-state index contributed by atoms with van der Waals surface area (Å²) in [5, 5.41) is 8.83. The molecule has 94 valence electrons. The first-order valence-corrected chi connectivity index (χ1v) is 6.24. The van der Waals surface area contributed by atoms with E-state index in [1.54, 1.807) is 12.1 Å². The Labute approximate surface area is 113 Å². The van der Waals surface area contributed by atoms with Gasteiger partial charge in [0.05, 0.1) is 11.6 Å². The molecule has 0 heterocycles. The van der Waals surface area contributed by atoms with Crippen LogP contribution in [0.5, 0.6) is 0 Å². The Morgan fingerprint density at radius 3 is 2.63 bits per heavy atom. The van der Waals surface area contributed by atoms with Crippen LogP contribution < -0.4 is 0 Å². The highest BCUT2D eigenvalue weighted by Crippen LogP contribution is 2.11. The van der Waals surface area contributed by atoms with E-state index in [1.807, 2.05) is 43.3 Å². The van der Waals surface area contributed by atoms with Gasteiger partial charge in [-0.25, -0.2) is 0 Å². The van der Waals surface area contributed by atoms with Crippen LogP contribution in [0.1, 0.15) is 22.3 Å². The van der Waals surface area contributed by atoms with Crippen molar-refractivity contribution >= 4 is 5.78 Å². The first-order chi connectivity index (χ1) is 9.19. The molecule has 19 heavy (non-hydrogen) atoms. The maximum atomic E-state index is 12.1. The zero-order valence-electron chi connectivity index (χ0n) is 10.9. The summed E-state index contributed by atoms with van der Waals surface area (Å²) in [5.41, 5.74) is 3.71. The van der Waals surface area contributed by atoms with Gasteiger partial charge in [-0.3, -0.25) is 4.79 Å². The van der Waals surface area contributed by atoms with Gasteiger partial charge < -0.3 is 0 Å². The van der Waals surface area contributed by atoms with Crippen LogP contribution in [0.25, 0.3) is 0 Å². The molecule has 0 aromatic heterocycles. The molecule has 0 N–H and O–H groups in total. The normalized spacial score (nSPS) is 9.89. The van der Waals surface area contributed by atoms with Crippen molar-refractivity contribution in [1.82, 2.24) is 0 Å². The van der Waals surface area contributed by atoms with E-state index in [4.69, 9.17) is 5.26 Å². The van der Waals surface area contributed by atoms with Crippen LogP contribution in [0.15, 0.2) is 48.5 Å². The van der Waals surface area contributed by atoms with E-state index in [1.165, 1.54) is 0 Å². The fourth-order valence-electron chi connectivity index (χ4n) is 2.06. The maximum absolute atomic E-state index is 12.1. The number of nitriles is 1. The summed E-state index contributed by atoms with van der Waals surface area (Å²) in [7, 11) is 0. The maximum Gasteiger partial charge on any atom is 0.141 e. The lowest BCUT2D eigenvalue weighted by Crippen LogP contribution is -2.07. The third kappa shape index (κ3) is 3.53. The third-order valence-electron chi connectivity index (χ3n) is 3.11. The number of rotatable bonds is 4. The Bertz CT molecular complexity index is 638.